The molecule has 2 aromatic rings. The Hall–Kier alpha value is -2.42. The number of aryl methyl sites for hydroxylation is 3. The van der Waals surface area contributed by atoms with Gasteiger partial charge in [0.05, 0.1) is 11.4 Å². The maximum atomic E-state index is 12.5. The Morgan fingerprint density at radius 2 is 1.62 bits per heavy atom. The average molecular weight is 278 g/mol. The van der Waals surface area contributed by atoms with Crippen molar-refractivity contribution in [3.05, 3.63) is 58.7 Å². The topological polar surface area (TPSA) is 32.7 Å². The Morgan fingerprint density at radius 3 is 2.29 bits per heavy atom. The standard InChI is InChI=1S/C18H18N2O/c1-11-9-12(2)16(13(3)10-11)19-17-14-7-5-6-8-15(14)20(4)18(17)21/h5-10H,1-4H3. The van der Waals surface area contributed by atoms with Crippen molar-refractivity contribution in [3.63, 3.8) is 0 Å². The summed E-state index contributed by atoms with van der Waals surface area (Å²) in [6, 6.07) is 12.0. The second kappa shape index (κ2) is 4.85. The number of fused-ring (bicyclic) bond motifs is 1. The van der Waals surface area contributed by atoms with Gasteiger partial charge in [0.2, 0.25) is 0 Å². The van der Waals surface area contributed by atoms with Crippen LogP contribution in [0.15, 0.2) is 41.4 Å². The van der Waals surface area contributed by atoms with Crippen LogP contribution in [0.2, 0.25) is 0 Å². The van der Waals surface area contributed by atoms with E-state index in [1.54, 1.807) is 11.9 Å². The lowest BCUT2D eigenvalue weighted by atomic mass is 10.0. The van der Waals surface area contributed by atoms with Crippen LogP contribution in [0.25, 0.3) is 0 Å². The van der Waals surface area contributed by atoms with Crippen molar-refractivity contribution < 1.29 is 4.79 Å². The van der Waals surface area contributed by atoms with Crippen molar-refractivity contribution in [3.8, 4) is 0 Å². The molecule has 0 aromatic heterocycles. The summed E-state index contributed by atoms with van der Waals surface area (Å²) in [6.45, 7) is 6.14. The van der Waals surface area contributed by atoms with E-state index in [4.69, 9.17) is 4.99 Å². The fourth-order valence-electron chi connectivity index (χ4n) is 2.92. The lowest BCUT2D eigenvalue weighted by Crippen LogP contribution is -2.25. The summed E-state index contributed by atoms with van der Waals surface area (Å²) in [7, 11) is 1.79. The molecule has 0 saturated carbocycles. The molecule has 0 aliphatic carbocycles. The van der Waals surface area contributed by atoms with Gasteiger partial charge in [0.25, 0.3) is 5.91 Å². The monoisotopic (exact) mass is 278 g/mol. The molecule has 3 nitrogen and oxygen atoms in total. The van der Waals surface area contributed by atoms with E-state index in [1.165, 1.54) is 5.56 Å². The third-order valence-corrected chi connectivity index (χ3v) is 3.89. The molecule has 1 amide bonds. The molecule has 3 rings (SSSR count). The molecule has 1 aliphatic heterocycles. The number of likely N-dealkylation sites (N-methyl/N-ethyl adjacent to an activating group) is 1. The van der Waals surface area contributed by atoms with Gasteiger partial charge in [-0.3, -0.25) is 4.79 Å². The van der Waals surface area contributed by atoms with E-state index in [2.05, 4.69) is 19.1 Å². The molecule has 0 radical (unpaired) electrons. The number of nitrogens with zero attached hydrogens (tertiary/aromatic N) is 2. The summed E-state index contributed by atoms with van der Waals surface area (Å²) in [5, 5.41) is 0. The molecule has 0 unspecified atom stereocenters. The van der Waals surface area contributed by atoms with Crippen LogP contribution < -0.4 is 4.90 Å². The SMILES string of the molecule is Cc1cc(C)c(N=C2C(=O)N(C)c3ccccc32)c(C)c1. The first-order chi connectivity index (χ1) is 9.99. The molecule has 106 valence electrons. The quantitative estimate of drug-likeness (QED) is 0.782. The van der Waals surface area contributed by atoms with Gasteiger partial charge >= 0.3 is 0 Å². The Kier molecular flexibility index (Phi) is 3.13. The minimum Gasteiger partial charge on any atom is -0.309 e. The van der Waals surface area contributed by atoms with E-state index in [0.717, 1.165) is 28.1 Å². The number of hydrogen-bond acceptors (Lipinski definition) is 2. The van der Waals surface area contributed by atoms with Gasteiger partial charge in [-0.2, -0.15) is 0 Å². The molecule has 21 heavy (non-hydrogen) atoms. The van der Waals surface area contributed by atoms with E-state index in [9.17, 15) is 4.79 Å². The fraction of sp³-hybridized carbons (Fsp3) is 0.222. The summed E-state index contributed by atoms with van der Waals surface area (Å²) in [5.74, 6) is -0.0458. The molecule has 1 heterocycles. The van der Waals surface area contributed by atoms with Crippen molar-refractivity contribution in [2.45, 2.75) is 20.8 Å². The second-order valence-electron chi connectivity index (χ2n) is 5.59. The second-order valence-corrected chi connectivity index (χ2v) is 5.59. The van der Waals surface area contributed by atoms with Gasteiger partial charge in [0.1, 0.15) is 5.71 Å². The lowest BCUT2D eigenvalue weighted by Gasteiger charge is -2.08. The lowest BCUT2D eigenvalue weighted by molar-refractivity contribution is -0.111. The predicted molar refractivity (Wildman–Crippen MR) is 86.7 cm³/mol. The van der Waals surface area contributed by atoms with Gasteiger partial charge < -0.3 is 4.90 Å². The molecule has 0 atom stereocenters. The van der Waals surface area contributed by atoms with Gasteiger partial charge in [0.15, 0.2) is 0 Å². The van der Waals surface area contributed by atoms with E-state index in [0.29, 0.717) is 5.71 Å². The van der Waals surface area contributed by atoms with Crippen LogP contribution in [0, 0.1) is 20.8 Å². The van der Waals surface area contributed by atoms with Crippen molar-refractivity contribution in [1.29, 1.82) is 0 Å². The average Bonchev–Trinajstić information content (AvgIpc) is 2.67. The van der Waals surface area contributed by atoms with E-state index < -0.39 is 0 Å². The third-order valence-electron chi connectivity index (χ3n) is 3.89. The van der Waals surface area contributed by atoms with Gasteiger partial charge in [-0.15, -0.1) is 0 Å². The summed E-state index contributed by atoms with van der Waals surface area (Å²) in [4.78, 5) is 18.8. The number of benzene rings is 2. The first kappa shape index (κ1) is 13.6. The maximum Gasteiger partial charge on any atom is 0.277 e. The summed E-state index contributed by atoms with van der Waals surface area (Å²) >= 11 is 0. The van der Waals surface area contributed by atoms with E-state index in [-0.39, 0.29) is 5.91 Å². The highest BCUT2D eigenvalue weighted by molar-refractivity contribution is 6.54. The third kappa shape index (κ3) is 2.15. The molecule has 0 saturated heterocycles. The van der Waals surface area contributed by atoms with Crippen molar-refractivity contribution in [2.75, 3.05) is 11.9 Å². The molecule has 0 bridgehead atoms. The molecule has 0 spiro atoms. The van der Waals surface area contributed by atoms with Gasteiger partial charge in [-0.05, 0) is 38.0 Å². The molecule has 2 aromatic carbocycles. The zero-order chi connectivity index (χ0) is 15.1. The Morgan fingerprint density at radius 1 is 1.00 bits per heavy atom. The Balaban J connectivity index is 2.20. The van der Waals surface area contributed by atoms with Crippen LogP contribution in [0.3, 0.4) is 0 Å². The van der Waals surface area contributed by atoms with Crippen LogP contribution in [0.1, 0.15) is 22.3 Å². The predicted octanol–water partition coefficient (Wildman–Crippen LogP) is 3.71. The molecular weight excluding hydrogens is 260 g/mol. The number of para-hydroxylation sites is 1. The van der Waals surface area contributed by atoms with Crippen LogP contribution in [-0.2, 0) is 4.79 Å². The van der Waals surface area contributed by atoms with Gasteiger partial charge in [-0.25, -0.2) is 4.99 Å². The minimum absolute atomic E-state index is 0.0458. The number of rotatable bonds is 1. The molecule has 1 aliphatic rings. The number of carbonyl (C=O) groups excluding carboxylic acids is 1. The molecule has 0 fully saturated rings. The molecule has 3 heteroatoms. The van der Waals surface area contributed by atoms with E-state index in [1.807, 2.05) is 38.1 Å². The Labute approximate surface area is 124 Å². The number of amides is 1. The van der Waals surface area contributed by atoms with Crippen LogP contribution in [-0.4, -0.2) is 18.7 Å². The van der Waals surface area contributed by atoms with Gasteiger partial charge in [0, 0.05) is 12.6 Å². The number of carbonyl (C=O) groups is 1. The zero-order valence-corrected chi connectivity index (χ0v) is 12.8. The van der Waals surface area contributed by atoms with Crippen LogP contribution >= 0.6 is 0 Å². The minimum atomic E-state index is -0.0458. The summed E-state index contributed by atoms with van der Waals surface area (Å²) in [5.41, 5.74) is 6.66. The zero-order valence-electron chi connectivity index (χ0n) is 12.8. The number of hydrogen-bond donors (Lipinski definition) is 0. The van der Waals surface area contributed by atoms with Crippen LogP contribution in [0.4, 0.5) is 11.4 Å². The van der Waals surface area contributed by atoms with Crippen molar-refractivity contribution >= 4 is 23.0 Å². The highest BCUT2D eigenvalue weighted by atomic mass is 16.2. The number of aliphatic imine (C=N–C) groups is 1. The largest absolute Gasteiger partial charge is 0.309 e. The highest BCUT2D eigenvalue weighted by Gasteiger charge is 2.31. The van der Waals surface area contributed by atoms with Crippen molar-refractivity contribution in [1.82, 2.24) is 0 Å². The fourth-order valence-corrected chi connectivity index (χ4v) is 2.92. The molecular formula is C18H18N2O. The maximum absolute atomic E-state index is 12.5. The molecule has 0 N–H and O–H groups in total. The van der Waals surface area contributed by atoms with Gasteiger partial charge in [-0.1, -0.05) is 35.9 Å². The van der Waals surface area contributed by atoms with Crippen molar-refractivity contribution in [2.24, 2.45) is 4.99 Å². The first-order valence-electron chi connectivity index (χ1n) is 7.03. The van der Waals surface area contributed by atoms with Crippen LogP contribution in [0.5, 0.6) is 0 Å². The highest BCUT2D eigenvalue weighted by Crippen LogP contribution is 2.32. The number of anilines is 1. The smallest absolute Gasteiger partial charge is 0.277 e. The summed E-state index contributed by atoms with van der Waals surface area (Å²) < 4.78 is 0. The Bertz CT molecular complexity index is 752. The normalized spacial score (nSPS) is 15.7. The summed E-state index contributed by atoms with van der Waals surface area (Å²) in [6.07, 6.45) is 0. The first-order valence-corrected chi connectivity index (χ1v) is 7.03. The van der Waals surface area contributed by atoms with E-state index >= 15 is 0 Å².